The van der Waals surface area contributed by atoms with E-state index in [-0.39, 0.29) is 5.82 Å². The number of halogens is 1. The van der Waals surface area contributed by atoms with Gasteiger partial charge in [0, 0.05) is 0 Å². The molecule has 0 aliphatic rings. The van der Waals surface area contributed by atoms with Crippen molar-refractivity contribution in [3.05, 3.63) is 42.0 Å². The zero-order valence-electron chi connectivity index (χ0n) is 9.05. The van der Waals surface area contributed by atoms with Gasteiger partial charge in [0.25, 0.3) is 0 Å². The highest BCUT2D eigenvalue weighted by molar-refractivity contribution is 5.32. The van der Waals surface area contributed by atoms with Crippen molar-refractivity contribution in [2.75, 3.05) is 0 Å². The standard InChI is InChI=1S/C11H12FN3O/c1-11(2,16)10-7-15(14-13-10)9-6-4-3-5-8(9)12/h3-7,16H,1-2H3. The summed E-state index contributed by atoms with van der Waals surface area (Å²) in [5.41, 5.74) is -0.370. The Kier molecular flexibility index (Phi) is 2.47. The van der Waals surface area contributed by atoms with Crippen LogP contribution in [0, 0.1) is 5.82 Å². The molecule has 1 heterocycles. The topological polar surface area (TPSA) is 50.9 Å². The highest BCUT2D eigenvalue weighted by atomic mass is 19.1. The molecule has 0 unspecified atom stereocenters. The third-order valence-electron chi connectivity index (χ3n) is 2.22. The highest BCUT2D eigenvalue weighted by Crippen LogP contribution is 2.18. The fraction of sp³-hybridized carbons (Fsp3) is 0.273. The minimum atomic E-state index is -1.08. The monoisotopic (exact) mass is 221 g/mol. The number of benzene rings is 1. The molecule has 0 atom stereocenters. The average molecular weight is 221 g/mol. The zero-order valence-corrected chi connectivity index (χ0v) is 9.05. The number of hydrogen-bond donors (Lipinski definition) is 1. The molecular weight excluding hydrogens is 209 g/mol. The molecule has 5 heteroatoms. The molecule has 0 saturated carbocycles. The fourth-order valence-electron chi connectivity index (χ4n) is 1.30. The van der Waals surface area contributed by atoms with Gasteiger partial charge in [-0.1, -0.05) is 17.3 Å². The minimum absolute atomic E-state index is 0.311. The van der Waals surface area contributed by atoms with Crippen LogP contribution >= 0.6 is 0 Å². The second kappa shape index (κ2) is 3.68. The quantitative estimate of drug-likeness (QED) is 0.838. The summed E-state index contributed by atoms with van der Waals surface area (Å²) >= 11 is 0. The number of para-hydroxylation sites is 1. The first-order valence-corrected chi connectivity index (χ1v) is 4.88. The SMILES string of the molecule is CC(C)(O)c1cn(-c2ccccc2F)nn1. The maximum atomic E-state index is 13.4. The molecule has 0 fully saturated rings. The van der Waals surface area contributed by atoms with Crippen LogP contribution < -0.4 is 0 Å². The van der Waals surface area contributed by atoms with Crippen LogP contribution in [0.3, 0.4) is 0 Å². The van der Waals surface area contributed by atoms with Crippen molar-refractivity contribution in [1.29, 1.82) is 0 Å². The molecule has 2 aromatic rings. The molecule has 84 valence electrons. The number of aliphatic hydroxyl groups is 1. The van der Waals surface area contributed by atoms with Gasteiger partial charge in [0.2, 0.25) is 0 Å². The molecule has 1 aromatic heterocycles. The molecule has 16 heavy (non-hydrogen) atoms. The zero-order chi connectivity index (χ0) is 11.8. The van der Waals surface area contributed by atoms with Gasteiger partial charge in [-0.3, -0.25) is 0 Å². The predicted octanol–water partition coefficient (Wildman–Crippen LogP) is 1.63. The number of nitrogens with zero attached hydrogens (tertiary/aromatic N) is 3. The third kappa shape index (κ3) is 1.94. The normalized spacial score (nSPS) is 11.8. The average Bonchev–Trinajstić information content (AvgIpc) is 2.66. The van der Waals surface area contributed by atoms with Gasteiger partial charge in [0.05, 0.1) is 6.20 Å². The molecule has 0 spiro atoms. The van der Waals surface area contributed by atoms with E-state index < -0.39 is 5.60 Å². The van der Waals surface area contributed by atoms with Gasteiger partial charge in [-0.15, -0.1) is 5.10 Å². The Labute approximate surface area is 92.3 Å². The Morgan fingerprint density at radius 2 is 2.00 bits per heavy atom. The van der Waals surface area contributed by atoms with Crippen LogP contribution in [0.1, 0.15) is 19.5 Å². The largest absolute Gasteiger partial charge is 0.384 e. The van der Waals surface area contributed by atoms with Crippen LogP contribution in [0.2, 0.25) is 0 Å². The van der Waals surface area contributed by atoms with Gasteiger partial charge in [-0.2, -0.15) is 0 Å². The maximum absolute atomic E-state index is 13.4. The van der Waals surface area contributed by atoms with E-state index in [1.165, 1.54) is 16.9 Å². The Balaban J connectivity index is 2.44. The number of rotatable bonds is 2. The van der Waals surface area contributed by atoms with E-state index in [1.54, 1.807) is 32.0 Å². The van der Waals surface area contributed by atoms with Gasteiger partial charge >= 0.3 is 0 Å². The summed E-state index contributed by atoms with van der Waals surface area (Å²) in [6.45, 7) is 3.20. The summed E-state index contributed by atoms with van der Waals surface area (Å²) in [6, 6.07) is 6.26. The van der Waals surface area contributed by atoms with Crippen molar-refractivity contribution in [3.63, 3.8) is 0 Å². The summed E-state index contributed by atoms with van der Waals surface area (Å²) in [4.78, 5) is 0. The van der Waals surface area contributed by atoms with E-state index in [9.17, 15) is 9.50 Å². The van der Waals surface area contributed by atoms with Crippen molar-refractivity contribution in [3.8, 4) is 5.69 Å². The lowest BCUT2D eigenvalue weighted by atomic mass is 10.1. The predicted molar refractivity (Wildman–Crippen MR) is 56.6 cm³/mol. The number of hydrogen-bond acceptors (Lipinski definition) is 3. The summed E-state index contributed by atoms with van der Waals surface area (Å²) in [5.74, 6) is -0.380. The van der Waals surface area contributed by atoms with Crippen LogP contribution in [-0.2, 0) is 5.60 Å². The maximum Gasteiger partial charge on any atom is 0.148 e. The van der Waals surface area contributed by atoms with Crippen LogP contribution in [0.4, 0.5) is 4.39 Å². The van der Waals surface area contributed by atoms with Crippen molar-refractivity contribution >= 4 is 0 Å². The van der Waals surface area contributed by atoms with Crippen molar-refractivity contribution < 1.29 is 9.50 Å². The van der Waals surface area contributed by atoms with Gasteiger partial charge in [0.1, 0.15) is 22.8 Å². The Hall–Kier alpha value is -1.75. The third-order valence-corrected chi connectivity index (χ3v) is 2.22. The van der Waals surface area contributed by atoms with E-state index in [0.29, 0.717) is 11.4 Å². The Morgan fingerprint density at radius 1 is 1.31 bits per heavy atom. The molecule has 0 bridgehead atoms. The van der Waals surface area contributed by atoms with E-state index >= 15 is 0 Å². The van der Waals surface area contributed by atoms with Crippen LogP contribution in [0.5, 0.6) is 0 Å². The molecular formula is C11H12FN3O. The highest BCUT2D eigenvalue weighted by Gasteiger charge is 2.20. The van der Waals surface area contributed by atoms with Gasteiger partial charge < -0.3 is 5.11 Å². The molecule has 0 amide bonds. The molecule has 1 aromatic carbocycles. The summed E-state index contributed by atoms with van der Waals surface area (Å²) in [5, 5.41) is 17.3. The lowest BCUT2D eigenvalue weighted by Crippen LogP contribution is -2.15. The Morgan fingerprint density at radius 3 is 2.56 bits per heavy atom. The minimum Gasteiger partial charge on any atom is -0.384 e. The van der Waals surface area contributed by atoms with Crippen molar-refractivity contribution in [2.45, 2.75) is 19.4 Å². The van der Waals surface area contributed by atoms with E-state index in [4.69, 9.17) is 0 Å². The Bertz CT molecular complexity index is 502. The van der Waals surface area contributed by atoms with Crippen LogP contribution in [0.25, 0.3) is 5.69 Å². The fourth-order valence-corrected chi connectivity index (χ4v) is 1.30. The van der Waals surface area contributed by atoms with Gasteiger partial charge in [-0.25, -0.2) is 9.07 Å². The lowest BCUT2D eigenvalue weighted by Gasteiger charge is -2.11. The van der Waals surface area contributed by atoms with E-state index in [1.807, 2.05) is 0 Å². The smallest absolute Gasteiger partial charge is 0.148 e. The lowest BCUT2D eigenvalue weighted by molar-refractivity contribution is 0.0737. The first kappa shape index (κ1) is 10.8. The first-order valence-electron chi connectivity index (χ1n) is 4.88. The molecule has 2 rings (SSSR count). The first-order chi connectivity index (χ1) is 7.48. The van der Waals surface area contributed by atoms with Crippen molar-refractivity contribution in [2.24, 2.45) is 0 Å². The van der Waals surface area contributed by atoms with E-state index in [0.717, 1.165) is 0 Å². The van der Waals surface area contributed by atoms with Gasteiger partial charge in [0.15, 0.2) is 0 Å². The summed E-state index contributed by atoms with van der Waals surface area (Å²) < 4.78 is 14.7. The van der Waals surface area contributed by atoms with Crippen molar-refractivity contribution in [1.82, 2.24) is 15.0 Å². The molecule has 0 saturated heterocycles. The van der Waals surface area contributed by atoms with E-state index in [2.05, 4.69) is 10.3 Å². The van der Waals surface area contributed by atoms with Crippen LogP contribution in [-0.4, -0.2) is 20.1 Å². The molecule has 1 N–H and O–H groups in total. The molecule has 4 nitrogen and oxygen atoms in total. The molecule has 0 aliphatic heterocycles. The second-order valence-electron chi connectivity index (χ2n) is 4.06. The summed E-state index contributed by atoms with van der Waals surface area (Å²) in [6.07, 6.45) is 1.51. The summed E-state index contributed by atoms with van der Waals surface area (Å²) in [7, 11) is 0. The van der Waals surface area contributed by atoms with Gasteiger partial charge in [-0.05, 0) is 26.0 Å². The number of aromatic nitrogens is 3. The molecule has 0 aliphatic carbocycles. The molecule has 0 radical (unpaired) electrons. The van der Waals surface area contributed by atoms with Crippen LogP contribution in [0.15, 0.2) is 30.5 Å². The second-order valence-corrected chi connectivity index (χ2v) is 4.06.